The first-order chi connectivity index (χ1) is 7.76. The Balaban J connectivity index is 2.97. The van der Waals surface area contributed by atoms with E-state index in [1.807, 2.05) is 0 Å². The number of aryl methyl sites for hydroxylation is 3. The molecule has 17 heavy (non-hydrogen) atoms. The second-order valence-corrected chi connectivity index (χ2v) is 5.90. The molecule has 0 saturated heterocycles. The van der Waals surface area contributed by atoms with Crippen LogP contribution < -0.4 is 4.90 Å². The quantitative estimate of drug-likeness (QED) is 0.867. The maximum Gasteiger partial charge on any atom is 0.0499 e. The largest absolute Gasteiger partial charge is 0.396 e. The lowest BCUT2D eigenvalue weighted by molar-refractivity contribution is 0.165. The van der Waals surface area contributed by atoms with E-state index in [4.69, 9.17) is 0 Å². The fourth-order valence-electron chi connectivity index (χ4n) is 2.13. The highest BCUT2D eigenvalue weighted by atomic mass is 16.3. The molecule has 0 radical (unpaired) electrons. The monoisotopic (exact) mass is 235 g/mol. The van der Waals surface area contributed by atoms with E-state index in [1.165, 1.54) is 22.4 Å². The van der Waals surface area contributed by atoms with Crippen molar-refractivity contribution in [2.24, 2.45) is 5.41 Å². The van der Waals surface area contributed by atoms with Gasteiger partial charge in [-0.25, -0.2) is 0 Å². The molecule has 0 unspecified atom stereocenters. The molecule has 0 aliphatic rings. The molecule has 0 heterocycles. The summed E-state index contributed by atoms with van der Waals surface area (Å²) in [6.45, 7) is 11.7. The number of rotatable bonds is 4. The Morgan fingerprint density at radius 2 is 1.59 bits per heavy atom. The zero-order valence-corrected chi connectivity index (χ0v) is 12.0. The van der Waals surface area contributed by atoms with Crippen LogP contribution in [0, 0.1) is 26.2 Å². The van der Waals surface area contributed by atoms with E-state index in [-0.39, 0.29) is 12.0 Å². The van der Waals surface area contributed by atoms with Crippen LogP contribution in [-0.2, 0) is 0 Å². The van der Waals surface area contributed by atoms with Crippen LogP contribution in [0.15, 0.2) is 12.1 Å². The average molecular weight is 235 g/mol. The Morgan fingerprint density at radius 1 is 1.06 bits per heavy atom. The molecule has 2 heteroatoms. The first-order valence-electron chi connectivity index (χ1n) is 6.17. The molecule has 1 aromatic rings. The number of anilines is 1. The van der Waals surface area contributed by atoms with Crippen LogP contribution in [0.3, 0.4) is 0 Å². The van der Waals surface area contributed by atoms with Crippen molar-refractivity contribution in [1.29, 1.82) is 0 Å². The van der Waals surface area contributed by atoms with E-state index in [2.05, 4.69) is 58.7 Å². The molecule has 1 aromatic carbocycles. The minimum atomic E-state index is -0.0695. The summed E-state index contributed by atoms with van der Waals surface area (Å²) in [4.78, 5) is 2.23. The molecule has 0 fully saturated rings. The molecule has 0 amide bonds. The summed E-state index contributed by atoms with van der Waals surface area (Å²) >= 11 is 0. The van der Waals surface area contributed by atoms with Crippen LogP contribution in [0.4, 0.5) is 5.69 Å². The van der Waals surface area contributed by atoms with Gasteiger partial charge in [-0.2, -0.15) is 0 Å². The summed E-state index contributed by atoms with van der Waals surface area (Å²) in [7, 11) is 2.09. The topological polar surface area (TPSA) is 23.5 Å². The molecule has 2 nitrogen and oxygen atoms in total. The fourth-order valence-corrected chi connectivity index (χ4v) is 2.13. The summed E-state index contributed by atoms with van der Waals surface area (Å²) in [6, 6.07) is 4.46. The summed E-state index contributed by atoms with van der Waals surface area (Å²) in [6.07, 6.45) is 0. The Bertz CT molecular complexity index is 396. The molecule has 0 aromatic heterocycles. The van der Waals surface area contributed by atoms with E-state index in [0.717, 1.165) is 6.54 Å². The van der Waals surface area contributed by atoms with Crippen LogP contribution in [0.1, 0.15) is 30.5 Å². The van der Waals surface area contributed by atoms with Crippen LogP contribution >= 0.6 is 0 Å². The number of hydrogen-bond donors (Lipinski definition) is 1. The van der Waals surface area contributed by atoms with Crippen molar-refractivity contribution in [3.05, 3.63) is 28.8 Å². The summed E-state index contributed by atoms with van der Waals surface area (Å²) in [5.41, 5.74) is 5.14. The number of nitrogens with zero attached hydrogens (tertiary/aromatic N) is 1. The molecule has 0 saturated carbocycles. The lowest BCUT2D eigenvalue weighted by Crippen LogP contribution is -2.34. The van der Waals surface area contributed by atoms with Crippen LogP contribution in [0.2, 0.25) is 0 Å². The van der Waals surface area contributed by atoms with Crippen molar-refractivity contribution in [3.8, 4) is 0 Å². The van der Waals surface area contributed by atoms with Crippen LogP contribution in [-0.4, -0.2) is 25.3 Å². The number of aliphatic hydroxyl groups is 1. The third-order valence-corrected chi connectivity index (χ3v) is 3.32. The lowest BCUT2D eigenvalue weighted by Gasteiger charge is -2.31. The highest BCUT2D eigenvalue weighted by molar-refractivity contribution is 5.56. The number of hydrogen-bond acceptors (Lipinski definition) is 2. The molecular weight excluding hydrogens is 210 g/mol. The van der Waals surface area contributed by atoms with Crippen molar-refractivity contribution in [2.45, 2.75) is 34.6 Å². The first kappa shape index (κ1) is 14.0. The number of aliphatic hydroxyl groups excluding tert-OH is 1. The molecular formula is C15H25NO. The maximum absolute atomic E-state index is 9.33. The third-order valence-electron chi connectivity index (χ3n) is 3.32. The van der Waals surface area contributed by atoms with Gasteiger partial charge in [-0.15, -0.1) is 0 Å². The summed E-state index contributed by atoms with van der Waals surface area (Å²) < 4.78 is 0. The van der Waals surface area contributed by atoms with Gasteiger partial charge in [-0.05, 0) is 43.5 Å². The highest BCUT2D eigenvalue weighted by Gasteiger charge is 2.20. The van der Waals surface area contributed by atoms with Gasteiger partial charge in [0.1, 0.15) is 0 Å². The molecule has 1 rings (SSSR count). The van der Waals surface area contributed by atoms with E-state index < -0.39 is 0 Å². The SMILES string of the molecule is Cc1cc(C)c(N(C)CC(C)(C)CO)cc1C. The van der Waals surface area contributed by atoms with Gasteiger partial charge >= 0.3 is 0 Å². The Morgan fingerprint density at radius 3 is 2.12 bits per heavy atom. The van der Waals surface area contributed by atoms with E-state index >= 15 is 0 Å². The predicted molar refractivity (Wildman–Crippen MR) is 74.8 cm³/mol. The Hall–Kier alpha value is -1.02. The van der Waals surface area contributed by atoms with E-state index in [1.54, 1.807) is 0 Å². The second kappa shape index (κ2) is 5.09. The van der Waals surface area contributed by atoms with E-state index in [9.17, 15) is 5.11 Å². The maximum atomic E-state index is 9.33. The van der Waals surface area contributed by atoms with E-state index in [0.29, 0.717) is 0 Å². The van der Waals surface area contributed by atoms with Crippen molar-refractivity contribution in [3.63, 3.8) is 0 Å². The highest BCUT2D eigenvalue weighted by Crippen LogP contribution is 2.26. The van der Waals surface area contributed by atoms with Gasteiger partial charge < -0.3 is 10.0 Å². The average Bonchev–Trinajstić information content (AvgIpc) is 2.22. The van der Waals surface area contributed by atoms with Gasteiger partial charge in [0.15, 0.2) is 0 Å². The van der Waals surface area contributed by atoms with Gasteiger partial charge in [0.2, 0.25) is 0 Å². The normalized spacial score (nSPS) is 11.7. The van der Waals surface area contributed by atoms with Crippen LogP contribution in [0.5, 0.6) is 0 Å². The van der Waals surface area contributed by atoms with Crippen molar-refractivity contribution in [2.75, 3.05) is 25.1 Å². The minimum absolute atomic E-state index is 0.0695. The molecule has 0 aliphatic carbocycles. The van der Waals surface area contributed by atoms with Gasteiger partial charge in [0, 0.05) is 31.3 Å². The van der Waals surface area contributed by atoms with Crippen molar-refractivity contribution in [1.82, 2.24) is 0 Å². The van der Waals surface area contributed by atoms with Gasteiger partial charge in [-0.3, -0.25) is 0 Å². The fraction of sp³-hybridized carbons (Fsp3) is 0.600. The summed E-state index contributed by atoms with van der Waals surface area (Å²) in [5, 5.41) is 9.33. The smallest absolute Gasteiger partial charge is 0.0499 e. The zero-order chi connectivity index (χ0) is 13.2. The Labute approximate surface area is 105 Å². The molecule has 0 spiro atoms. The number of benzene rings is 1. The predicted octanol–water partition coefficient (Wildman–Crippen LogP) is 3.07. The van der Waals surface area contributed by atoms with Crippen molar-refractivity contribution >= 4 is 5.69 Å². The molecule has 0 atom stereocenters. The third kappa shape index (κ3) is 3.47. The lowest BCUT2D eigenvalue weighted by atomic mass is 9.93. The van der Waals surface area contributed by atoms with Crippen molar-refractivity contribution < 1.29 is 5.11 Å². The molecule has 1 N–H and O–H groups in total. The molecule has 0 bridgehead atoms. The Kier molecular flexibility index (Phi) is 4.21. The van der Waals surface area contributed by atoms with Crippen LogP contribution in [0.25, 0.3) is 0 Å². The zero-order valence-electron chi connectivity index (χ0n) is 12.0. The molecule has 0 aliphatic heterocycles. The molecule has 96 valence electrons. The standard InChI is InChI=1S/C15H25NO/c1-11-7-13(3)14(8-12(11)2)16(6)9-15(4,5)10-17/h7-8,17H,9-10H2,1-6H3. The summed E-state index contributed by atoms with van der Waals surface area (Å²) in [5.74, 6) is 0. The first-order valence-corrected chi connectivity index (χ1v) is 6.17. The van der Waals surface area contributed by atoms with Gasteiger partial charge in [0.25, 0.3) is 0 Å². The van der Waals surface area contributed by atoms with Gasteiger partial charge in [-0.1, -0.05) is 19.9 Å². The second-order valence-electron chi connectivity index (χ2n) is 5.90. The minimum Gasteiger partial charge on any atom is -0.396 e. The van der Waals surface area contributed by atoms with Gasteiger partial charge in [0.05, 0.1) is 0 Å².